The fraction of sp³-hybridized carbons (Fsp3) is 0.529. The fourth-order valence-electron chi connectivity index (χ4n) is 2.11. The van der Waals surface area contributed by atoms with Gasteiger partial charge in [0.15, 0.2) is 0 Å². The van der Waals surface area contributed by atoms with Gasteiger partial charge in [-0.1, -0.05) is 44.2 Å². The fourth-order valence-corrected chi connectivity index (χ4v) is 2.11. The maximum Gasteiger partial charge on any atom is 0.220 e. The molecule has 1 N–H and O–H groups in total. The molecule has 0 atom stereocenters. The van der Waals surface area contributed by atoms with E-state index >= 15 is 0 Å². The van der Waals surface area contributed by atoms with E-state index in [-0.39, 0.29) is 11.8 Å². The van der Waals surface area contributed by atoms with Crippen molar-refractivity contribution in [2.24, 2.45) is 5.92 Å². The molecule has 0 spiro atoms. The van der Waals surface area contributed by atoms with Crippen molar-refractivity contribution < 1.29 is 9.59 Å². The van der Waals surface area contributed by atoms with Crippen molar-refractivity contribution >= 4 is 11.8 Å². The van der Waals surface area contributed by atoms with Crippen molar-refractivity contribution in [2.75, 3.05) is 19.6 Å². The average molecular weight is 290 g/mol. The van der Waals surface area contributed by atoms with E-state index < -0.39 is 0 Å². The van der Waals surface area contributed by atoms with Crippen LogP contribution in [0.2, 0.25) is 0 Å². The second kappa shape index (κ2) is 9.16. The number of benzene rings is 1. The van der Waals surface area contributed by atoms with Gasteiger partial charge in [0.1, 0.15) is 0 Å². The van der Waals surface area contributed by atoms with Crippen LogP contribution in [0, 0.1) is 5.92 Å². The number of nitrogens with zero attached hydrogens (tertiary/aromatic N) is 1. The Morgan fingerprint density at radius 1 is 1.14 bits per heavy atom. The van der Waals surface area contributed by atoms with E-state index in [1.165, 1.54) is 5.56 Å². The van der Waals surface area contributed by atoms with Crippen LogP contribution >= 0.6 is 0 Å². The summed E-state index contributed by atoms with van der Waals surface area (Å²) < 4.78 is 0. The average Bonchev–Trinajstić information content (AvgIpc) is 2.42. The molecule has 1 aromatic rings. The molecule has 2 amide bonds. The minimum atomic E-state index is 0.0454. The highest BCUT2D eigenvalue weighted by molar-refractivity contribution is 5.76. The molecule has 21 heavy (non-hydrogen) atoms. The molecule has 0 aromatic heterocycles. The van der Waals surface area contributed by atoms with Crippen molar-refractivity contribution in [1.82, 2.24) is 10.2 Å². The van der Waals surface area contributed by atoms with Gasteiger partial charge in [-0.05, 0) is 17.9 Å². The second-order valence-electron chi connectivity index (χ2n) is 5.69. The Bertz CT molecular complexity index is 443. The van der Waals surface area contributed by atoms with Crippen LogP contribution in [0.25, 0.3) is 0 Å². The van der Waals surface area contributed by atoms with Crippen molar-refractivity contribution in [2.45, 2.75) is 33.6 Å². The number of amides is 2. The van der Waals surface area contributed by atoms with Gasteiger partial charge in [-0.15, -0.1) is 0 Å². The predicted molar refractivity (Wildman–Crippen MR) is 84.9 cm³/mol. The Kier molecular flexibility index (Phi) is 7.51. The first kappa shape index (κ1) is 17.2. The third-order valence-corrected chi connectivity index (χ3v) is 3.26. The molecule has 0 fully saturated rings. The second-order valence-corrected chi connectivity index (χ2v) is 5.69. The number of rotatable bonds is 8. The number of hydrogen-bond donors (Lipinski definition) is 1. The lowest BCUT2D eigenvalue weighted by Crippen LogP contribution is -2.38. The highest BCUT2D eigenvalue weighted by Gasteiger charge is 2.10. The first-order chi connectivity index (χ1) is 9.99. The van der Waals surface area contributed by atoms with Gasteiger partial charge >= 0.3 is 0 Å². The van der Waals surface area contributed by atoms with Crippen molar-refractivity contribution in [3.8, 4) is 0 Å². The van der Waals surface area contributed by atoms with Crippen LogP contribution in [0.4, 0.5) is 0 Å². The first-order valence-corrected chi connectivity index (χ1v) is 7.55. The summed E-state index contributed by atoms with van der Waals surface area (Å²) in [4.78, 5) is 25.0. The lowest BCUT2D eigenvalue weighted by atomic mass is 10.1. The van der Waals surface area contributed by atoms with Crippen LogP contribution in [0.5, 0.6) is 0 Å². The van der Waals surface area contributed by atoms with Crippen LogP contribution in [0.15, 0.2) is 30.3 Å². The topological polar surface area (TPSA) is 49.4 Å². The molecule has 0 saturated heterocycles. The Hall–Kier alpha value is -1.84. The summed E-state index contributed by atoms with van der Waals surface area (Å²) in [6.07, 6.45) is 1.37. The summed E-state index contributed by atoms with van der Waals surface area (Å²) in [5.41, 5.74) is 1.22. The number of nitrogens with one attached hydrogen (secondary N) is 1. The van der Waals surface area contributed by atoms with Crippen molar-refractivity contribution in [3.63, 3.8) is 0 Å². The van der Waals surface area contributed by atoms with Crippen LogP contribution in [0.3, 0.4) is 0 Å². The maximum atomic E-state index is 11.6. The molecule has 0 aliphatic rings. The molecule has 4 heteroatoms. The number of hydrogen-bond acceptors (Lipinski definition) is 2. The number of carbonyl (C=O) groups excluding carboxylic acids is 2. The molecule has 0 saturated carbocycles. The lowest BCUT2D eigenvalue weighted by Gasteiger charge is -2.21. The van der Waals surface area contributed by atoms with Gasteiger partial charge in [-0.25, -0.2) is 0 Å². The van der Waals surface area contributed by atoms with Gasteiger partial charge in [-0.3, -0.25) is 9.59 Å². The minimum Gasteiger partial charge on any atom is -0.354 e. The highest BCUT2D eigenvalue weighted by atomic mass is 16.2. The Balaban J connectivity index is 2.33. The van der Waals surface area contributed by atoms with Gasteiger partial charge in [-0.2, -0.15) is 0 Å². The van der Waals surface area contributed by atoms with E-state index in [4.69, 9.17) is 0 Å². The Morgan fingerprint density at radius 3 is 2.38 bits per heavy atom. The van der Waals surface area contributed by atoms with E-state index in [0.29, 0.717) is 32.0 Å². The molecule has 0 radical (unpaired) electrons. The van der Waals surface area contributed by atoms with Crippen LogP contribution in [-0.4, -0.2) is 36.3 Å². The van der Waals surface area contributed by atoms with E-state index in [2.05, 4.69) is 17.4 Å². The SMILES string of the molecule is CC(=O)N(CCNC(=O)CC(C)C)CCc1ccccc1. The van der Waals surface area contributed by atoms with Gasteiger partial charge < -0.3 is 10.2 Å². The lowest BCUT2D eigenvalue weighted by molar-refractivity contribution is -0.129. The largest absolute Gasteiger partial charge is 0.354 e. The molecular formula is C17H26N2O2. The van der Waals surface area contributed by atoms with E-state index in [9.17, 15) is 9.59 Å². The standard InChI is InChI=1S/C17H26N2O2/c1-14(2)13-17(21)18-10-12-19(15(3)20)11-9-16-7-5-4-6-8-16/h4-8,14H,9-13H2,1-3H3,(H,18,21). The maximum absolute atomic E-state index is 11.6. The number of carbonyl (C=O) groups is 2. The third-order valence-electron chi connectivity index (χ3n) is 3.26. The molecule has 116 valence electrons. The zero-order chi connectivity index (χ0) is 15.7. The minimum absolute atomic E-state index is 0.0454. The molecule has 1 rings (SSSR count). The van der Waals surface area contributed by atoms with Crippen molar-refractivity contribution in [3.05, 3.63) is 35.9 Å². The molecule has 0 unspecified atom stereocenters. The predicted octanol–water partition coefficient (Wildman–Crippen LogP) is 2.24. The monoisotopic (exact) mass is 290 g/mol. The summed E-state index contributed by atoms with van der Waals surface area (Å²) in [6, 6.07) is 10.1. The summed E-state index contributed by atoms with van der Waals surface area (Å²) in [6.45, 7) is 7.36. The van der Waals surface area contributed by atoms with E-state index in [1.807, 2.05) is 32.0 Å². The van der Waals surface area contributed by atoms with Crippen LogP contribution < -0.4 is 5.32 Å². The third kappa shape index (κ3) is 7.49. The smallest absolute Gasteiger partial charge is 0.220 e. The Labute approximate surface area is 127 Å². The zero-order valence-corrected chi connectivity index (χ0v) is 13.3. The molecule has 0 bridgehead atoms. The highest BCUT2D eigenvalue weighted by Crippen LogP contribution is 2.02. The molecule has 4 nitrogen and oxygen atoms in total. The first-order valence-electron chi connectivity index (χ1n) is 7.55. The molecule has 0 aliphatic heterocycles. The molecular weight excluding hydrogens is 264 g/mol. The Morgan fingerprint density at radius 2 is 1.81 bits per heavy atom. The molecule has 0 aliphatic carbocycles. The van der Waals surface area contributed by atoms with E-state index in [1.54, 1.807) is 11.8 Å². The quantitative estimate of drug-likeness (QED) is 0.798. The van der Waals surface area contributed by atoms with Gasteiger partial charge in [0.2, 0.25) is 11.8 Å². The van der Waals surface area contributed by atoms with Gasteiger partial charge in [0.25, 0.3) is 0 Å². The summed E-state index contributed by atoms with van der Waals surface area (Å²) in [5, 5.41) is 2.86. The summed E-state index contributed by atoms with van der Waals surface area (Å²) in [7, 11) is 0. The normalized spacial score (nSPS) is 10.5. The summed E-state index contributed by atoms with van der Waals surface area (Å²) in [5.74, 6) is 0.451. The van der Waals surface area contributed by atoms with Gasteiger partial charge in [0.05, 0.1) is 0 Å². The zero-order valence-electron chi connectivity index (χ0n) is 13.3. The van der Waals surface area contributed by atoms with Gasteiger partial charge in [0, 0.05) is 33.0 Å². The van der Waals surface area contributed by atoms with Crippen molar-refractivity contribution in [1.29, 1.82) is 0 Å². The molecule has 0 heterocycles. The van der Waals surface area contributed by atoms with Crippen LogP contribution in [0.1, 0.15) is 32.8 Å². The molecule has 1 aromatic carbocycles. The van der Waals surface area contributed by atoms with E-state index in [0.717, 1.165) is 6.42 Å². The van der Waals surface area contributed by atoms with Crippen LogP contribution in [-0.2, 0) is 16.0 Å². The summed E-state index contributed by atoms with van der Waals surface area (Å²) >= 11 is 0.